The van der Waals surface area contributed by atoms with Crippen LogP contribution in [0.1, 0.15) is 12.8 Å². The SMILES string of the molecule is O=C(NCCO[N+](=O)[O-])C1CCNCC1. The van der Waals surface area contributed by atoms with Gasteiger partial charge in [0.2, 0.25) is 5.91 Å². The molecule has 0 aromatic rings. The molecule has 0 atom stereocenters. The third-order valence-electron chi connectivity index (χ3n) is 2.31. The smallest absolute Gasteiger partial charge is 0.294 e. The van der Waals surface area contributed by atoms with Crippen molar-refractivity contribution in [3.05, 3.63) is 10.1 Å². The summed E-state index contributed by atoms with van der Waals surface area (Å²) in [6.45, 7) is 1.79. The molecule has 15 heavy (non-hydrogen) atoms. The van der Waals surface area contributed by atoms with Crippen molar-refractivity contribution >= 4 is 5.91 Å². The Labute approximate surface area is 87.3 Å². The van der Waals surface area contributed by atoms with Gasteiger partial charge in [-0.05, 0) is 25.9 Å². The minimum atomic E-state index is -0.864. The molecule has 0 aromatic heterocycles. The fraction of sp³-hybridized carbons (Fsp3) is 0.875. The summed E-state index contributed by atoms with van der Waals surface area (Å²) in [4.78, 5) is 25.4. The van der Waals surface area contributed by atoms with Crippen molar-refractivity contribution in [1.29, 1.82) is 0 Å². The van der Waals surface area contributed by atoms with Crippen LogP contribution >= 0.6 is 0 Å². The molecule has 0 bridgehead atoms. The summed E-state index contributed by atoms with van der Waals surface area (Å²) in [5, 5.41) is 14.7. The summed E-state index contributed by atoms with van der Waals surface area (Å²) in [5.41, 5.74) is 0. The lowest BCUT2D eigenvalue weighted by Crippen LogP contribution is -2.39. The number of rotatable bonds is 5. The predicted molar refractivity (Wildman–Crippen MR) is 51.5 cm³/mol. The van der Waals surface area contributed by atoms with Gasteiger partial charge in [0.15, 0.2) is 0 Å². The van der Waals surface area contributed by atoms with Gasteiger partial charge in [0, 0.05) is 12.5 Å². The van der Waals surface area contributed by atoms with E-state index in [0.717, 1.165) is 25.9 Å². The van der Waals surface area contributed by atoms with Gasteiger partial charge in [-0.2, -0.15) is 0 Å². The molecule has 86 valence electrons. The predicted octanol–water partition coefficient (Wildman–Crippen LogP) is -0.690. The van der Waals surface area contributed by atoms with E-state index in [1.54, 1.807) is 0 Å². The van der Waals surface area contributed by atoms with Crippen LogP contribution in [-0.2, 0) is 9.63 Å². The topological polar surface area (TPSA) is 93.5 Å². The largest absolute Gasteiger partial charge is 0.354 e. The van der Waals surface area contributed by atoms with Gasteiger partial charge in [0.25, 0.3) is 5.09 Å². The van der Waals surface area contributed by atoms with E-state index in [1.165, 1.54) is 0 Å². The highest BCUT2D eigenvalue weighted by molar-refractivity contribution is 5.78. The van der Waals surface area contributed by atoms with Crippen molar-refractivity contribution < 1.29 is 14.7 Å². The first-order valence-corrected chi connectivity index (χ1v) is 4.96. The molecule has 2 N–H and O–H groups in total. The van der Waals surface area contributed by atoms with E-state index in [2.05, 4.69) is 15.5 Å². The molecule has 0 aromatic carbocycles. The van der Waals surface area contributed by atoms with E-state index in [-0.39, 0.29) is 25.0 Å². The van der Waals surface area contributed by atoms with E-state index in [0.29, 0.717) is 0 Å². The van der Waals surface area contributed by atoms with Crippen LogP contribution in [0.25, 0.3) is 0 Å². The Kier molecular flexibility index (Phi) is 4.82. The van der Waals surface area contributed by atoms with Crippen LogP contribution in [0.15, 0.2) is 0 Å². The maximum Gasteiger partial charge on any atom is 0.294 e. The highest BCUT2D eigenvalue weighted by Crippen LogP contribution is 2.10. The molecule has 1 saturated heterocycles. The molecular weight excluding hydrogens is 202 g/mol. The number of carbonyl (C=O) groups excluding carboxylic acids is 1. The van der Waals surface area contributed by atoms with Crippen LogP contribution in [0.3, 0.4) is 0 Å². The van der Waals surface area contributed by atoms with E-state index in [9.17, 15) is 14.9 Å². The maximum absolute atomic E-state index is 11.5. The Morgan fingerprint density at radius 2 is 2.20 bits per heavy atom. The average Bonchev–Trinajstić information content (AvgIpc) is 2.25. The second-order valence-electron chi connectivity index (χ2n) is 3.37. The van der Waals surface area contributed by atoms with Crippen LogP contribution in [0, 0.1) is 16.0 Å². The molecule has 7 nitrogen and oxygen atoms in total. The average molecular weight is 217 g/mol. The molecule has 0 spiro atoms. The quantitative estimate of drug-likeness (QED) is 0.361. The molecule has 0 unspecified atom stereocenters. The van der Waals surface area contributed by atoms with Crippen molar-refractivity contribution in [3.63, 3.8) is 0 Å². The van der Waals surface area contributed by atoms with E-state index in [1.807, 2.05) is 0 Å². The van der Waals surface area contributed by atoms with Crippen LogP contribution in [0.2, 0.25) is 0 Å². The van der Waals surface area contributed by atoms with Crippen molar-refractivity contribution in [2.45, 2.75) is 12.8 Å². The molecule has 7 heteroatoms. The maximum atomic E-state index is 11.5. The number of hydrogen-bond acceptors (Lipinski definition) is 5. The number of hydrogen-bond donors (Lipinski definition) is 2. The van der Waals surface area contributed by atoms with E-state index >= 15 is 0 Å². The van der Waals surface area contributed by atoms with Crippen molar-refractivity contribution in [1.82, 2.24) is 10.6 Å². The molecule has 0 saturated carbocycles. The summed E-state index contributed by atoms with van der Waals surface area (Å²) in [7, 11) is 0. The molecule has 1 fully saturated rings. The third-order valence-corrected chi connectivity index (χ3v) is 2.31. The lowest BCUT2D eigenvalue weighted by molar-refractivity contribution is -0.757. The first-order chi connectivity index (χ1) is 7.20. The molecule has 1 aliphatic heterocycles. The highest BCUT2D eigenvalue weighted by Gasteiger charge is 2.20. The normalized spacial score (nSPS) is 17.1. The second kappa shape index (κ2) is 6.18. The van der Waals surface area contributed by atoms with Gasteiger partial charge in [0.05, 0.1) is 0 Å². The zero-order valence-corrected chi connectivity index (χ0v) is 8.40. The summed E-state index contributed by atoms with van der Waals surface area (Å²) in [6, 6.07) is 0. The van der Waals surface area contributed by atoms with E-state index < -0.39 is 5.09 Å². The minimum Gasteiger partial charge on any atom is -0.354 e. The first kappa shape index (κ1) is 11.7. The van der Waals surface area contributed by atoms with E-state index in [4.69, 9.17) is 0 Å². The summed E-state index contributed by atoms with van der Waals surface area (Å²) >= 11 is 0. The molecule has 1 rings (SSSR count). The van der Waals surface area contributed by atoms with Crippen LogP contribution < -0.4 is 10.6 Å². The molecule has 1 aliphatic rings. The minimum absolute atomic E-state index is 0.0295. The Hall–Kier alpha value is -1.37. The number of amides is 1. The second-order valence-corrected chi connectivity index (χ2v) is 3.37. The van der Waals surface area contributed by atoms with Crippen molar-refractivity contribution in [2.24, 2.45) is 5.92 Å². The Bertz CT molecular complexity index is 228. The van der Waals surface area contributed by atoms with Gasteiger partial charge in [-0.3, -0.25) is 4.79 Å². The molecular formula is C8H15N3O4. The number of carbonyl (C=O) groups is 1. The standard InChI is InChI=1S/C8H15N3O4/c12-8(7-1-3-9-4-2-7)10-5-6-15-11(13)14/h7,9H,1-6H2,(H,10,12). The van der Waals surface area contributed by atoms with Gasteiger partial charge in [-0.15, -0.1) is 10.1 Å². The third kappa shape index (κ3) is 4.59. The number of nitrogens with one attached hydrogen (secondary N) is 2. The Balaban J connectivity index is 2.09. The van der Waals surface area contributed by atoms with Gasteiger partial charge >= 0.3 is 0 Å². The Morgan fingerprint density at radius 1 is 1.53 bits per heavy atom. The summed E-state index contributed by atoms with van der Waals surface area (Å²) in [5.74, 6) is -0.00898. The van der Waals surface area contributed by atoms with Crippen molar-refractivity contribution in [2.75, 3.05) is 26.2 Å². The monoisotopic (exact) mass is 217 g/mol. The molecule has 1 heterocycles. The van der Waals surface area contributed by atoms with Gasteiger partial charge < -0.3 is 15.5 Å². The lowest BCUT2D eigenvalue weighted by Gasteiger charge is -2.21. The van der Waals surface area contributed by atoms with Gasteiger partial charge in [-0.25, -0.2) is 0 Å². The lowest BCUT2D eigenvalue weighted by atomic mass is 9.97. The first-order valence-electron chi connectivity index (χ1n) is 4.96. The van der Waals surface area contributed by atoms with Crippen LogP contribution in [-0.4, -0.2) is 37.2 Å². The van der Waals surface area contributed by atoms with Crippen LogP contribution in [0.4, 0.5) is 0 Å². The van der Waals surface area contributed by atoms with Crippen molar-refractivity contribution in [3.8, 4) is 0 Å². The molecule has 1 amide bonds. The van der Waals surface area contributed by atoms with Gasteiger partial charge in [-0.1, -0.05) is 0 Å². The number of nitrogens with zero attached hydrogens (tertiary/aromatic N) is 1. The zero-order chi connectivity index (χ0) is 11.1. The summed E-state index contributed by atoms with van der Waals surface area (Å²) < 4.78 is 0. The molecule has 0 radical (unpaired) electrons. The highest BCUT2D eigenvalue weighted by atomic mass is 16.9. The Morgan fingerprint density at radius 3 is 2.80 bits per heavy atom. The fourth-order valence-corrected chi connectivity index (χ4v) is 1.52. The van der Waals surface area contributed by atoms with Crippen LogP contribution in [0.5, 0.6) is 0 Å². The number of piperidine rings is 1. The zero-order valence-electron chi connectivity index (χ0n) is 8.40. The summed E-state index contributed by atoms with van der Waals surface area (Å²) in [6.07, 6.45) is 1.64. The molecule has 0 aliphatic carbocycles. The fourth-order valence-electron chi connectivity index (χ4n) is 1.52. The van der Waals surface area contributed by atoms with Gasteiger partial charge in [0.1, 0.15) is 6.61 Å².